The van der Waals surface area contributed by atoms with E-state index in [1.54, 1.807) is 23.1 Å². The SMILES string of the molecule is CC(F)(F)CCC1(O)CCN(C(=O)c2ccc(NS(=O)(=O)c3nc4ccccc4s3)cc2)CC1. The molecule has 3 aromatic rings. The number of amides is 1. The van der Waals surface area contributed by atoms with Crippen molar-refractivity contribution in [3.63, 3.8) is 0 Å². The van der Waals surface area contributed by atoms with Gasteiger partial charge in [0.1, 0.15) is 0 Å². The monoisotopic (exact) mass is 509 g/mol. The highest BCUT2D eigenvalue weighted by molar-refractivity contribution is 7.94. The van der Waals surface area contributed by atoms with Crippen LogP contribution in [0, 0.1) is 0 Å². The largest absolute Gasteiger partial charge is 0.390 e. The van der Waals surface area contributed by atoms with Crippen molar-refractivity contribution in [3.05, 3.63) is 54.1 Å². The minimum atomic E-state index is -3.88. The summed E-state index contributed by atoms with van der Waals surface area (Å²) >= 11 is 1.07. The quantitative estimate of drug-likeness (QED) is 0.489. The minimum Gasteiger partial charge on any atom is -0.390 e. The number of likely N-dealkylation sites (tertiary alicyclic amines) is 1. The van der Waals surface area contributed by atoms with Gasteiger partial charge in [0.25, 0.3) is 15.9 Å². The van der Waals surface area contributed by atoms with Gasteiger partial charge in [-0.1, -0.05) is 12.1 Å². The first-order chi connectivity index (χ1) is 15.9. The molecule has 0 unspecified atom stereocenters. The summed E-state index contributed by atoms with van der Waals surface area (Å²) in [6.07, 6.45) is 0.0532. The Bertz CT molecular complexity index is 1250. The lowest BCUT2D eigenvalue weighted by Gasteiger charge is -2.38. The number of piperidine rings is 1. The molecule has 1 aromatic heterocycles. The number of aromatic nitrogens is 1. The number of hydrogen-bond donors (Lipinski definition) is 2. The van der Waals surface area contributed by atoms with Crippen LogP contribution in [0.2, 0.25) is 0 Å². The van der Waals surface area contributed by atoms with Crippen LogP contribution in [-0.4, -0.2) is 53.9 Å². The number of nitrogens with zero attached hydrogens (tertiary/aromatic N) is 2. The number of fused-ring (bicyclic) bond motifs is 1. The molecule has 1 fully saturated rings. The fourth-order valence-corrected chi connectivity index (χ4v) is 6.14. The van der Waals surface area contributed by atoms with Gasteiger partial charge in [0, 0.05) is 30.8 Å². The number of para-hydroxylation sites is 1. The van der Waals surface area contributed by atoms with E-state index in [4.69, 9.17) is 0 Å². The third-order valence-corrected chi connectivity index (χ3v) is 8.69. The molecule has 4 rings (SSSR count). The predicted octanol–water partition coefficient (Wildman–Crippen LogP) is 4.50. The van der Waals surface area contributed by atoms with E-state index in [1.165, 1.54) is 24.3 Å². The molecule has 7 nitrogen and oxygen atoms in total. The molecule has 1 saturated heterocycles. The third-order valence-electron chi connectivity index (χ3n) is 5.90. The summed E-state index contributed by atoms with van der Waals surface area (Å²) in [6.45, 7) is 1.35. The van der Waals surface area contributed by atoms with E-state index < -0.39 is 28.0 Å². The van der Waals surface area contributed by atoms with Crippen LogP contribution in [0.3, 0.4) is 0 Å². The van der Waals surface area contributed by atoms with Crippen LogP contribution < -0.4 is 4.72 Å². The lowest BCUT2D eigenvalue weighted by atomic mass is 9.86. The summed E-state index contributed by atoms with van der Waals surface area (Å²) in [5, 5.41) is 10.5. The Labute approximate surface area is 200 Å². The van der Waals surface area contributed by atoms with E-state index in [0.717, 1.165) is 23.0 Å². The Morgan fingerprint density at radius 2 is 1.82 bits per heavy atom. The smallest absolute Gasteiger partial charge is 0.289 e. The summed E-state index contributed by atoms with van der Waals surface area (Å²) in [5.74, 6) is -3.10. The molecule has 0 spiro atoms. The maximum Gasteiger partial charge on any atom is 0.289 e. The van der Waals surface area contributed by atoms with Crippen LogP contribution >= 0.6 is 11.3 Å². The van der Waals surface area contributed by atoms with E-state index in [0.29, 0.717) is 16.8 Å². The fourth-order valence-electron chi connectivity index (χ4n) is 3.86. The Morgan fingerprint density at radius 3 is 2.44 bits per heavy atom. The van der Waals surface area contributed by atoms with Crippen molar-refractivity contribution in [3.8, 4) is 0 Å². The van der Waals surface area contributed by atoms with Crippen molar-refractivity contribution in [2.24, 2.45) is 0 Å². The maximum absolute atomic E-state index is 13.1. The summed E-state index contributed by atoms with van der Waals surface area (Å²) in [4.78, 5) is 18.6. The summed E-state index contributed by atoms with van der Waals surface area (Å²) < 4.78 is 54.9. The van der Waals surface area contributed by atoms with Crippen molar-refractivity contribution >= 4 is 43.2 Å². The predicted molar refractivity (Wildman–Crippen MR) is 127 cm³/mol. The topological polar surface area (TPSA) is 99.6 Å². The van der Waals surface area contributed by atoms with Gasteiger partial charge in [-0.05, 0) is 62.6 Å². The van der Waals surface area contributed by atoms with Gasteiger partial charge in [0.15, 0.2) is 0 Å². The zero-order valence-electron chi connectivity index (χ0n) is 18.5. The first-order valence-electron chi connectivity index (χ1n) is 10.8. The zero-order valence-corrected chi connectivity index (χ0v) is 20.1. The molecule has 1 aliphatic heterocycles. The second kappa shape index (κ2) is 9.20. The maximum atomic E-state index is 13.1. The van der Waals surface area contributed by atoms with Crippen LogP contribution in [0.4, 0.5) is 14.5 Å². The minimum absolute atomic E-state index is 0.0119. The lowest BCUT2D eigenvalue weighted by Crippen LogP contribution is -2.47. The number of carbonyl (C=O) groups excluding carboxylic acids is 1. The third kappa shape index (κ3) is 5.70. The number of rotatable bonds is 7. The Balaban J connectivity index is 1.37. The number of sulfonamides is 1. The van der Waals surface area contributed by atoms with Crippen molar-refractivity contribution in [2.75, 3.05) is 17.8 Å². The summed E-state index contributed by atoms with van der Waals surface area (Å²) in [7, 11) is -3.88. The number of alkyl halides is 2. The highest BCUT2D eigenvalue weighted by atomic mass is 32.2. The first kappa shape index (κ1) is 24.5. The highest BCUT2D eigenvalue weighted by Gasteiger charge is 2.36. The van der Waals surface area contributed by atoms with Crippen molar-refractivity contribution in [1.29, 1.82) is 0 Å². The average molecular weight is 510 g/mol. The molecule has 34 heavy (non-hydrogen) atoms. The number of benzene rings is 2. The molecule has 0 aliphatic carbocycles. The van der Waals surface area contributed by atoms with Crippen molar-refractivity contribution in [1.82, 2.24) is 9.88 Å². The molecule has 2 heterocycles. The van der Waals surface area contributed by atoms with E-state index in [9.17, 15) is 27.1 Å². The van der Waals surface area contributed by atoms with Crippen LogP contribution in [0.15, 0.2) is 52.9 Å². The number of halogens is 2. The molecule has 1 aliphatic rings. The molecule has 0 bridgehead atoms. The van der Waals surface area contributed by atoms with Gasteiger partial charge in [0.2, 0.25) is 10.3 Å². The normalized spacial score (nSPS) is 16.5. The van der Waals surface area contributed by atoms with Crippen molar-refractivity contribution in [2.45, 2.75) is 48.5 Å². The molecule has 2 aromatic carbocycles. The molecular formula is C23H25F2N3O4S2. The van der Waals surface area contributed by atoms with Crippen LogP contribution in [0.1, 0.15) is 43.0 Å². The van der Waals surface area contributed by atoms with E-state index in [1.807, 2.05) is 6.07 Å². The zero-order chi connectivity index (χ0) is 24.6. The molecule has 1 amide bonds. The van der Waals surface area contributed by atoms with E-state index >= 15 is 0 Å². The summed E-state index contributed by atoms with van der Waals surface area (Å²) in [5.41, 5.74) is 0.0716. The van der Waals surface area contributed by atoms with Crippen LogP contribution in [0.5, 0.6) is 0 Å². The van der Waals surface area contributed by atoms with Gasteiger partial charge in [-0.25, -0.2) is 13.8 Å². The van der Waals surface area contributed by atoms with Crippen LogP contribution in [0.25, 0.3) is 10.2 Å². The van der Waals surface area contributed by atoms with Gasteiger partial charge in [-0.3, -0.25) is 9.52 Å². The molecule has 11 heteroatoms. The Kier molecular flexibility index (Phi) is 6.63. The molecule has 2 N–H and O–H groups in total. The van der Waals surface area contributed by atoms with Crippen LogP contribution in [-0.2, 0) is 10.0 Å². The number of anilines is 1. The van der Waals surface area contributed by atoms with Gasteiger partial charge < -0.3 is 10.0 Å². The number of hydrogen-bond acceptors (Lipinski definition) is 6. The highest BCUT2D eigenvalue weighted by Crippen LogP contribution is 2.32. The molecule has 0 atom stereocenters. The second-order valence-corrected chi connectivity index (χ2v) is 11.6. The average Bonchev–Trinajstić information content (AvgIpc) is 3.23. The van der Waals surface area contributed by atoms with Gasteiger partial charge in [-0.15, -0.1) is 11.3 Å². The molecule has 0 saturated carbocycles. The van der Waals surface area contributed by atoms with Gasteiger partial charge in [0.05, 0.1) is 15.8 Å². The van der Waals surface area contributed by atoms with Gasteiger partial charge in [-0.2, -0.15) is 8.42 Å². The molecule has 0 radical (unpaired) electrons. The summed E-state index contributed by atoms with van der Waals surface area (Å²) in [6, 6.07) is 13.2. The number of thiazole rings is 1. The van der Waals surface area contributed by atoms with E-state index in [-0.39, 0.29) is 42.6 Å². The van der Waals surface area contributed by atoms with Crippen molar-refractivity contribution < 1.29 is 27.1 Å². The number of aliphatic hydroxyl groups is 1. The number of nitrogens with one attached hydrogen (secondary N) is 1. The lowest BCUT2D eigenvalue weighted by molar-refractivity contribution is -0.0570. The Morgan fingerprint density at radius 1 is 1.18 bits per heavy atom. The van der Waals surface area contributed by atoms with Gasteiger partial charge >= 0.3 is 0 Å². The first-order valence-corrected chi connectivity index (χ1v) is 13.1. The second-order valence-electron chi connectivity index (χ2n) is 8.72. The Hall–Kier alpha value is -2.63. The number of carbonyl (C=O) groups is 1. The molecule has 182 valence electrons. The van der Waals surface area contributed by atoms with E-state index in [2.05, 4.69) is 9.71 Å². The standard InChI is InChI=1S/C23H25F2N3O4S2/c1-22(24,25)10-11-23(30)12-14-28(15-13-23)20(29)16-6-8-17(9-7-16)27-34(31,32)21-26-18-4-2-3-5-19(18)33-21/h2-9,27,30H,10-15H2,1H3. The fraction of sp³-hybridized carbons (Fsp3) is 0.391. The molecular weight excluding hydrogens is 484 g/mol.